The molecule has 32 heavy (non-hydrogen) atoms. The Morgan fingerprint density at radius 2 is 1.81 bits per heavy atom. The molecule has 2 aromatic carbocycles. The van der Waals surface area contributed by atoms with Gasteiger partial charge in [0.1, 0.15) is 5.75 Å². The van der Waals surface area contributed by atoms with Gasteiger partial charge in [-0.15, -0.1) is 0 Å². The molecule has 1 amide bonds. The highest BCUT2D eigenvalue weighted by molar-refractivity contribution is 6.30. The van der Waals surface area contributed by atoms with Crippen LogP contribution in [0.25, 0.3) is 0 Å². The van der Waals surface area contributed by atoms with Crippen LogP contribution in [0.3, 0.4) is 0 Å². The second kappa shape index (κ2) is 9.70. The zero-order valence-corrected chi connectivity index (χ0v) is 18.7. The number of benzene rings is 2. The molecule has 0 fully saturated rings. The Morgan fingerprint density at radius 3 is 2.53 bits per heavy atom. The van der Waals surface area contributed by atoms with Gasteiger partial charge in [-0.2, -0.15) is 10.2 Å². The van der Waals surface area contributed by atoms with Gasteiger partial charge in [0.2, 0.25) is 0 Å². The predicted octanol–water partition coefficient (Wildman–Crippen LogP) is 5.19. The fourth-order valence-corrected chi connectivity index (χ4v) is 3.26. The molecule has 164 valence electrons. The predicted molar refractivity (Wildman–Crippen MR) is 124 cm³/mol. The van der Waals surface area contributed by atoms with E-state index in [9.17, 15) is 4.79 Å². The van der Waals surface area contributed by atoms with Crippen LogP contribution in [0.1, 0.15) is 41.4 Å². The van der Waals surface area contributed by atoms with Crippen LogP contribution in [0.2, 0.25) is 5.02 Å². The van der Waals surface area contributed by atoms with E-state index in [4.69, 9.17) is 16.3 Å². The molecular weight excluding hydrogens is 426 g/mol. The normalized spacial score (nSPS) is 11.0. The summed E-state index contributed by atoms with van der Waals surface area (Å²) in [5, 5.41) is 12.1. The Bertz CT molecular complexity index is 1180. The second-order valence-corrected chi connectivity index (χ2v) is 8.18. The first-order chi connectivity index (χ1) is 15.5. The number of ether oxygens (including phenoxy) is 1. The summed E-state index contributed by atoms with van der Waals surface area (Å²) >= 11 is 5.92. The summed E-state index contributed by atoms with van der Waals surface area (Å²) in [5.41, 5.74) is 3.22. The largest absolute Gasteiger partial charge is 0.471 e. The van der Waals surface area contributed by atoms with Crippen molar-refractivity contribution < 1.29 is 9.53 Å². The molecular formula is C24H24ClN5O2. The van der Waals surface area contributed by atoms with Crippen molar-refractivity contribution in [2.24, 2.45) is 0 Å². The number of hydrogen-bond donors (Lipinski definition) is 1. The van der Waals surface area contributed by atoms with Crippen molar-refractivity contribution >= 4 is 23.2 Å². The summed E-state index contributed by atoms with van der Waals surface area (Å²) in [5.74, 6) is 0.917. The van der Waals surface area contributed by atoms with Gasteiger partial charge < -0.3 is 10.1 Å². The first kappa shape index (κ1) is 21.6. The summed E-state index contributed by atoms with van der Waals surface area (Å²) in [6, 6.07) is 17.2. The summed E-state index contributed by atoms with van der Waals surface area (Å²) in [6.07, 6.45) is 5.09. The number of rotatable bonds is 8. The van der Waals surface area contributed by atoms with Crippen molar-refractivity contribution in [3.63, 3.8) is 0 Å². The van der Waals surface area contributed by atoms with Gasteiger partial charge in [0.05, 0.1) is 18.4 Å². The smallest absolute Gasteiger partial charge is 0.276 e. The lowest BCUT2D eigenvalue weighted by molar-refractivity contribution is 0.102. The van der Waals surface area contributed by atoms with Gasteiger partial charge in [0.25, 0.3) is 5.91 Å². The number of carbonyl (C=O) groups is 1. The summed E-state index contributed by atoms with van der Waals surface area (Å²) < 4.78 is 9.08. The third-order valence-corrected chi connectivity index (χ3v) is 5.18. The van der Waals surface area contributed by atoms with Gasteiger partial charge in [0.15, 0.2) is 12.4 Å². The lowest BCUT2D eigenvalue weighted by atomic mass is 10.0. The zero-order valence-electron chi connectivity index (χ0n) is 17.9. The fraction of sp³-hybridized carbons (Fsp3) is 0.208. The fourth-order valence-electron chi connectivity index (χ4n) is 3.13. The van der Waals surface area contributed by atoms with E-state index in [1.54, 1.807) is 34.0 Å². The van der Waals surface area contributed by atoms with Crippen molar-refractivity contribution in [1.29, 1.82) is 0 Å². The van der Waals surface area contributed by atoms with E-state index in [1.807, 2.05) is 36.4 Å². The molecule has 0 atom stereocenters. The third-order valence-electron chi connectivity index (χ3n) is 4.93. The Hall–Kier alpha value is -3.58. The van der Waals surface area contributed by atoms with E-state index in [0.29, 0.717) is 28.9 Å². The lowest BCUT2D eigenvalue weighted by Crippen LogP contribution is -2.14. The number of anilines is 1. The molecule has 2 aromatic heterocycles. The standard InChI is InChI=1S/C24H24ClN5O2/c1-17(2)19-5-9-22(10-6-19)32-16-29-12-11-23(28-29)24(31)27-21-13-26-30(15-21)14-18-3-7-20(25)8-4-18/h3-13,15,17H,14,16H2,1-2H3,(H,27,31). The van der Waals surface area contributed by atoms with Crippen LogP contribution in [0.4, 0.5) is 5.69 Å². The molecule has 7 nitrogen and oxygen atoms in total. The third kappa shape index (κ3) is 5.56. The van der Waals surface area contributed by atoms with Crippen LogP contribution in [-0.2, 0) is 13.3 Å². The van der Waals surface area contributed by atoms with Crippen molar-refractivity contribution in [3.8, 4) is 5.75 Å². The zero-order chi connectivity index (χ0) is 22.5. The van der Waals surface area contributed by atoms with Gasteiger partial charge in [-0.05, 0) is 47.4 Å². The van der Waals surface area contributed by atoms with E-state index in [0.717, 1.165) is 11.3 Å². The molecule has 4 rings (SSSR count). The van der Waals surface area contributed by atoms with E-state index < -0.39 is 0 Å². The lowest BCUT2D eigenvalue weighted by Gasteiger charge is -2.09. The monoisotopic (exact) mass is 449 g/mol. The maximum Gasteiger partial charge on any atom is 0.276 e. The molecule has 0 aliphatic carbocycles. The molecule has 2 heterocycles. The van der Waals surface area contributed by atoms with Gasteiger partial charge in [-0.3, -0.25) is 9.48 Å². The maximum atomic E-state index is 12.5. The van der Waals surface area contributed by atoms with Gasteiger partial charge in [0, 0.05) is 17.4 Å². The van der Waals surface area contributed by atoms with Crippen LogP contribution in [0, 0.1) is 0 Å². The van der Waals surface area contributed by atoms with Crippen LogP contribution in [-0.4, -0.2) is 25.5 Å². The molecule has 0 aliphatic rings. The topological polar surface area (TPSA) is 74.0 Å². The average molecular weight is 450 g/mol. The highest BCUT2D eigenvalue weighted by Crippen LogP contribution is 2.19. The maximum absolute atomic E-state index is 12.5. The number of hydrogen-bond acceptors (Lipinski definition) is 4. The molecule has 4 aromatic rings. The SMILES string of the molecule is CC(C)c1ccc(OCn2ccc(C(=O)Nc3cnn(Cc4ccc(Cl)cc4)c3)n2)cc1. The van der Waals surface area contributed by atoms with E-state index >= 15 is 0 Å². The van der Waals surface area contributed by atoms with Crippen molar-refractivity contribution in [1.82, 2.24) is 19.6 Å². The van der Waals surface area contributed by atoms with E-state index in [2.05, 4.69) is 41.5 Å². The minimum Gasteiger partial charge on any atom is -0.471 e. The highest BCUT2D eigenvalue weighted by atomic mass is 35.5. The van der Waals surface area contributed by atoms with Crippen molar-refractivity contribution in [2.75, 3.05) is 5.32 Å². The Morgan fingerprint density at radius 1 is 1.06 bits per heavy atom. The van der Waals surface area contributed by atoms with Crippen LogP contribution >= 0.6 is 11.6 Å². The first-order valence-corrected chi connectivity index (χ1v) is 10.7. The summed E-state index contributed by atoms with van der Waals surface area (Å²) in [4.78, 5) is 12.5. The minimum absolute atomic E-state index is 0.216. The molecule has 0 saturated carbocycles. The number of aromatic nitrogens is 4. The quantitative estimate of drug-likeness (QED) is 0.401. The van der Waals surface area contributed by atoms with Crippen LogP contribution in [0.15, 0.2) is 73.2 Å². The molecule has 0 aliphatic heterocycles. The second-order valence-electron chi connectivity index (χ2n) is 7.74. The summed E-state index contributed by atoms with van der Waals surface area (Å²) in [7, 11) is 0. The van der Waals surface area contributed by atoms with Crippen molar-refractivity contribution in [3.05, 3.63) is 95.0 Å². The Labute approximate surface area is 191 Å². The van der Waals surface area contributed by atoms with E-state index in [-0.39, 0.29) is 12.6 Å². The minimum atomic E-state index is -0.309. The number of nitrogens with one attached hydrogen (secondary N) is 1. The number of carbonyl (C=O) groups excluding carboxylic acids is 1. The molecule has 8 heteroatoms. The van der Waals surface area contributed by atoms with Crippen LogP contribution < -0.4 is 10.1 Å². The van der Waals surface area contributed by atoms with Gasteiger partial charge in [-0.25, -0.2) is 4.68 Å². The average Bonchev–Trinajstić information content (AvgIpc) is 3.44. The number of halogens is 1. The first-order valence-electron chi connectivity index (χ1n) is 10.3. The van der Waals surface area contributed by atoms with Gasteiger partial charge in [-0.1, -0.05) is 49.7 Å². The molecule has 1 N–H and O–H groups in total. The van der Waals surface area contributed by atoms with Crippen molar-refractivity contribution in [2.45, 2.75) is 33.0 Å². The van der Waals surface area contributed by atoms with Gasteiger partial charge >= 0.3 is 0 Å². The molecule has 0 spiro atoms. The number of nitrogens with zero attached hydrogens (tertiary/aromatic N) is 4. The Kier molecular flexibility index (Phi) is 6.56. The molecule has 0 radical (unpaired) electrons. The van der Waals surface area contributed by atoms with E-state index in [1.165, 1.54) is 5.56 Å². The molecule has 0 unspecified atom stereocenters. The summed E-state index contributed by atoms with van der Waals surface area (Å²) in [6.45, 7) is 5.10. The van der Waals surface area contributed by atoms with Crippen LogP contribution in [0.5, 0.6) is 5.75 Å². The molecule has 0 bridgehead atoms. The Balaban J connectivity index is 1.31. The molecule has 0 saturated heterocycles. The number of amides is 1. The highest BCUT2D eigenvalue weighted by Gasteiger charge is 2.11.